The molecule has 1 aliphatic carbocycles. The number of carbonyl (C=O) groups excluding carboxylic acids is 3. The van der Waals surface area contributed by atoms with E-state index in [1.807, 2.05) is 18.2 Å². The Balaban J connectivity index is 1.20. The van der Waals surface area contributed by atoms with Crippen molar-refractivity contribution in [1.29, 1.82) is 0 Å². The Morgan fingerprint density at radius 1 is 1.23 bits per heavy atom. The molecule has 3 heterocycles. The summed E-state index contributed by atoms with van der Waals surface area (Å²) < 4.78 is 6.39. The van der Waals surface area contributed by atoms with Crippen LogP contribution in [0.1, 0.15) is 32.1 Å². The van der Waals surface area contributed by atoms with E-state index in [0.29, 0.717) is 31.7 Å². The van der Waals surface area contributed by atoms with Crippen LogP contribution in [-0.2, 0) is 14.3 Å². The lowest BCUT2D eigenvalue weighted by molar-refractivity contribution is -0.131. The molecule has 9 nitrogen and oxygen atoms in total. The van der Waals surface area contributed by atoms with Crippen LogP contribution in [-0.4, -0.2) is 66.1 Å². The summed E-state index contributed by atoms with van der Waals surface area (Å²) in [6, 6.07) is 5.24. The van der Waals surface area contributed by atoms with Gasteiger partial charge >= 0.3 is 6.03 Å². The Morgan fingerprint density at radius 3 is 2.77 bits per heavy atom. The zero-order valence-corrected chi connectivity index (χ0v) is 18.0. The fourth-order valence-corrected chi connectivity index (χ4v) is 5.57. The third kappa shape index (κ3) is 3.85. The van der Waals surface area contributed by atoms with Gasteiger partial charge in [-0.15, -0.1) is 0 Å². The van der Waals surface area contributed by atoms with Crippen LogP contribution < -0.4 is 15.5 Å². The second-order valence-corrected chi connectivity index (χ2v) is 9.26. The van der Waals surface area contributed by atoms with Crippen molar-refractivity contribution in [2.24, 2.45) is 0 Å². The quantitative estimate of drug-likeness (QED) is 0.688. The number of imide groups is 1. The number of morpholine rings is 1. The lowest BCUT2D eigenvalue weighted by Crippen LogP contribution is -2.44. The molecule has 2 saturated heterocycles. The van der Waals surface area contributed by atoms with Crippen LogP contribution in [0.4, 0.5) is 15.6 Å². The molecular formula is C21H25N5O4S. The van der Waals surface area contributed by atoms with Gasteiger partial charge in [-0.1, -0.05) is 24.2 Å². The van der Waals surface area contributed by atoms with Crippen LogP contribution in [0.2, 0.25) is 0 Å². The smallest absolute Gasteiger partial charge is 0.325 e. The second-order valence-electron chi connectivity index (χ2n) is 8.25. The molecule has 0 bridgehead atoms. The van der Waals surface area contributed by atoms with Crippen LogP contribution in [0.15, 0.2) is 18.2 Å². The summed E-state index contributed by atoms with van der Waals surface area (Å²) in [5.41, 5.74) is 0.841. The van der Waals surface area contributed by atoms with E-state index in [4.69, 9.17) is 4.74 Å². The van der Waals surface area contributed by atoms with Gasteiger partial charge in [0.15, 0.2) is 5.13 Å². The lowest BCUT2D eigenvalue weighted by Gasteiger charge is -2.25. The number of urea groups is 1. The molecule has 1 saturated carbocycles. The number of nitrogens with zero attached hydrogens (tertiary/aromatic N) is 3. The Bertz CT molecular complexity index is 1030. The van der Waals surface area contributed by atoms with Gasteiger partial charge in [0, 0.05) is 31.7 Å². The van der Waals surface area contributed by atoms with E-state index in [9.17, 15) is 14.4 Å². The molecule has 0 atom stereocenters. The molecule has 5 rings (SSSR count). The first-order valence-corrected chi connectivity index (χ1v) is 11.5. The molecule has 1 aromatic carbocycles. The van der Waals surface area contributed by atoms with E-state index in [1.165, 1.54) is 4.90 Å². The van der Waals surface area contributed by atoms with Crippen molar-refractivity contribution in [1.82, 2.24) is 15.2 Å². The summed E-state index contributed by atoms with van der Waals surface area (Å²) in [6.45, 7) is 3.15. The first-order valence-electron chi connectivity index (χ1n) is 10.7. The topological polar surface area (TPSA) is 104 Å². The molecule has 4 amide bonds. The number of nitrogens with one attached hydrogen (secondary N) is 2. The van der Waals surface area contributed by atoms with Crippen molar-refractivity contribution in [2.75, 3.05) is 43.1 Å². The average Bonchev–Trinajstić information content (AvgIpc) is 3.46. The van der Waals surface area contributed by atoms with Gasteiger partial charge in [-0.05, 0) is 31.0 Å². The van der Waals surface area contributed by atoms with Crippen molar-refractivity contribution < 1.29 is 19.1 Å². The monoisotopic (exact) mass is 443 g/mol. The molecule has 0 radical (unpaired) electrons. The van der Waals surface area contributed by atoms with Crippen LogP contribution in [0.3, 0.4) is 0 Å². The number of aromatic nitrogens is 1. The fourth-order valence-electron chi connectivity index (χ4n) is 4.51. The summed E-state index contributed by atoms with van der Waals surface area (Å²) in [6.07, 6.45) is 3.31. The number of carbonyl (C=O) groups is 3. The minimum atomic E-state index is -0.733. The van der Waals surface area contributed by atoms with Crippen LogP contribution in [0.25, 0.3) is 10.2 Å². The summed E-state index contributed by atoms with van der Waals surface area (Å²) in [5, 5.41) is 6.67. The van der Waals surface area contributed by atoms with Crippen molar-refractivity contribution in [3.8, 4) is 0 Å². The number of hydrogen-bond acceptors (Lipinski definition) is 7. The number of thiazole rings is 1. The van der Waals surface area contributed by atoms with E-state index in [2.05, 4.69) is 20.5 Å². The number of amides is 4. The van der Waals surface area contributed by atoms with Crippen LogP contribution >= 0.6 is 11.3 Å². The summed E-state index contributed by atoms with van der Waals surface area (Å²) in [4.78, 5) is 45.5. The van der Waals surface area contributed by atoms with Gasteiger partial charge < -0.3 is 20.3 Å². The number of fused-ring (bicyclic) bond motifs is 1. The number of rotatable bonds is 5. The lowest BCUT2D eigenvalue weighted by atomic mass is 9.98. The molecule has 2 aromatic rings. The van der Waals surface area contributed by atoms with Crippen molar-refractivity contribution in [3.05, 3.63) is 18.2 Å². The molecule has 1 aromatic heterocycles. The molecular weight excluding hydrogens is 418 g/mol. The summed E-state index contributed by atoms with van der Waals surface area (Å²) >= 11 is 1.59. The number of anilines is 2. The molecule has 0 unspecified atom stereocenters. The minimum Gasteiger partial charge on any atom is -0.378 e. The number of benzene rings is 1. The van der Waals surface area contributed by atoms with Gasteiger partial charge in [0.25, 0.3) is 5.91 Å². The highest BCUT2D eigenvalue weighted by atomic mass is 32.1. The molecule has 164 valence electrons. The predicted molar refractivity (Wildman–Crippen MR) is 117 cm³/mol. The predicted octanol–water partition coefficient (Wildman–Crippen LogP) is 2.33. The number of hydrogen-bond donors (Lipinski definition) is 2. The SMILES string of the molecule is O=C(CCN1C(=O)NC2(CCCC2)C1=O)Nc1ccc2nc(N3CCOCC3)sc2c1. The Morgan fingerprint density at radius 2 is 2.00 bits per heavy atom. The van der Waals surface area contributed by atoms with Crippen LogP contribution in [0.5, 0.6) is 0 Å². The van der Waals surface area contributed by atoms with Gasteiger partial charge in [0.05, 0.1) is 23.4 Å². The van der Waals surface area contributed by atoms with Gasteiger partial charge in [0.1, 0.15) is 5.54 Å². The molecule has 3 fully saturated rings. The van der Waals surface area contributed by atoms with E-state index in [-0.39, 0.29) is 30.8 Å². The zero-order chi connectivity index (χ0) is 21.4. The third-order valence-electron chi connectivity index (χ3n) is 6.21. The van der Waals surface area contributed by atoms with Gasteiger partial charge in [-0.2, -0.15) is 0 Å². The van der Waals surface area contributed by atoms with Crippen molar-refractivity contribution in [2.45, 2.75) is 37.6 Å². The minimum absolute atomic E-state index is 0.0645. The average molecular weight is 444 g/mol. The largest absolute Gasteiger partial charge is 0.378 e. The summed E-state index contributed by atoms with van der Waals surface area (Å²) in [5.74, 6) is -0.422. The fraction of sp³-hybridized carbons (Fsp3) is 0.524. The van der Waals surface area contributed by atoms with E-state index < -0.39 is 5.54 Å². The molecule has 31 heavy (non-hydrogen) atoms. The van der Waals surface area contributed by atoms with E-state index >= 15 is 0 Å². The molecule has 2 aliphatic heterocycles. The normalized spacial score (nSPS) is 20.6. The Labute approximate surface area is 183 Å². The van der Waals surface area contributed by atoms with E-state index in [0.717, 1.165) is 41.3 Å². The molecule has 1 spiro atoms. The maximum Gasteiger partial charge on any atom is 0.325 e. The van der Waals surface area contributed by atoms with Gasteiger partial charge in [-0.25, -0.2) is 9.78 Å². The number of ether oxygens (including phenoxy) is 1. The van der Waals surface area contributed by atoms with Crippen LogP contribution in [0, 0.1) is 0 Å². The zero-order valence-electron chi connectivity index (χ0n) is 17.2. The van der Waals surface area contributed by atoms with Gasteiger partial charge in [0.2, 0.25) is 5.91 Å². The molecule has 3 aliphatic rings. The first-order chi connectivity index (χ1) is 15.0. The first kappa shape index (κ1) is 20.2. The van der Waals surface area contributed by atoms with Crippen molar-refractivity contribution in [3.63, 3.8) is 0 Å². The highest BCUT2D eigenvalue weighted by Gasteiger charge is 2.52. The van der Waals surface area contributed by atoms with Crippen molar-refractivity contribution >= 4 is 50.2 Å². The maximum absolute atomic E-state index is 12.7. The Kier molecular flexibility index (Phi) is 5.27. The summed E-state index contributed by atoms with van der Waals surface area (Å²) in [7, 11) is 0. The van der Waals surface area contributed by atoms with Gasteiger partial charge in [-0.3, -0.25) is 14.5 Å². The van der Waals surface area contributed by atoms with E-state index in [1.54, 1.807) is 11.3 Å². The molecule has 10 heteroatoms. The highest BCUT2D eigenvalue weighted by molar-refractivity contribution is 7.22. The maximum atomic E-state index is 12.7. The standard InChI is InChI=1S/C21H25N5O4S/c27-17(5-8-26-18(28)21(24-19(26)29)6-1-2-7-21)22-14-3-4-15-16(13-14)31-20(23-15)25-9-11-30-12-10-25/h3-4,13H,1-2,5-12H2,(H,22,27)(H,24,29). The Hall–Kier alpha value is -2.72. The third-order valence-corrected chi connectivity index (χ3v) is 7.29. The molecule has 2 N–H and O–H groups in total. The second kappa shape index (κ2) is 8.08. The highest BCUT2D eigenvalue weighted by Crippen LogP contribution is 2.35.